The Kier molecular flexibility index (Phi) is 35.5. The van der Waals surface area contributed by atoms with Crippen LogP contribution in [0, 0.1) is 0 Å². The van der Waals surface area contributed by atoms with Crippen molar-refractivity contribution in [3.8, 4) is 0 Å². The highest BCUT2D eigenvalue weighted by Gasteiger charge is 2.51. The number of hydrogen-bond acceptors (Lipinski definition) is 11. The summed E-state index contributed by atoms with van der Waals surface area (Å²) in [7, 11) is -5.12. The van der Waals surface area contributed by atoms with Crippen molar-refractivity contribution in [2.75, 3.05) is 6.61 Å². The summed E-state index contributed by atoms with van der Waals surface area (Å²) in [4.78, 5) is 23.5. The average molecular weight is 894 g/mol. The van der Waals surface area contributed by atoms with Crippen LogP contribution in [0.2, 0.25) is 0 Å². The molecule has 1 amide bonds. The summed E-state index contributed by atoms with van der Waals surface area (Å²) in [6.45, 7) is 3.80. The summed E-state index contributed by atoms with van der Waals surface area (Å²) in [5.74, 6) is -0.563. The molecule has 0 aliphatic heterocycles. The minimum absolute atomic E-state index is 0.225. The number of phosphoric acid groups is 1. The van der Waals surface area contributed by atoms with E-state index in [1.54, 1.807) is 0 Å². The highest BCUT2D eigenvalue weighted by molar-refractivity contribution is 7.47. The van der Waals surface area contributed by atoms with Crippen molar-refractivity contribution in [1.29, 1.82) is 0 Å². The zero-order chi connectivity index (χ0) is 45.1. The van der Waals surface area contributed by atoms with Gasteiger partial charge in [-0.05, 0) is 38.5 Å². The summed E-state index contributed by atoms with van der Waals surface area (Å²) < 4.78 is 22.9. The molecule has 362 valence electrons. The Hall–Kier alpha value is -0.960. The Morgan fingerprint density at radius 3 is 1.34 bits per heavy atom. The van der Waals surface area contributed by atoms with Crippen molar-refractivity contribution >= 4 is 13.7 Å². The van der Waals surface area contributed by atoms with Crippen molar-refractivity contribution in [2.24, 2.45) is 0 Å². The lowest BCUT2D eigenvalue weighted by Crippen LogP contribution is -2.64. The third-order valence-corrected chi connectivity index (χ3v) is 13.1. The number of amides is 1. The predicted octanol–water partition coefficient (Wildman–Crippen LogP) is 8.59. The number of phosphoric ester groups is 1. The van der Waals surface area contributed by atoms with Crippen LogP contribution in [0.5, 0.6) is 0 Å². The van der Waals surface area contributed by atoms with Gasteiger partial charge in [-0.25, -0.2) is 4.57 Å². The molecule has 8 unspecified atom stereocenters. The van der Waals surface area contributed by atoms with Crippen LogP contribution in [0.4, 0.5) is 0 Å². The summed E-state index contributed by atoms with van der Waals surface area (Å²) in [6, 6.07) is -1.15. The second kappa shape index (κ2) is 37.3. The molecule has 9 N–H and O–H groups in total. The van der Waals surface area contributed by atoms with Crippen molar-refractivity contribution in [3.05, 3.63) is 12.2 Å². The van der Waals surface area contributed by atoms with E-state index in [4.69, 9.17) is 9.05 Å². The molecule has 0 aromatic heterocycles. The Morgan fingerprint density at radius 2 is 0.918 bits per heavy atom. The lowest BCUT2D eigenvalue weighted by atomic mass is 9.85. The van der Waals surface area contributed by atoms with Gasteiger partial charge in [0.2, 0.25) is 5.91 Å². The molecular formula is C47H92NO12P. The largest absolute Gasteiger partial charge is 0.472 e. The van der Waals surface area contributed by atoms with E-state index < -0.39 is 75.2 Å². The third-order valence-electron chi connectivity index (χ3n) is 12.1. The lowest BCUT2D eigenvalue weighted by molar-refractivity contribution is -0.220. The normalized spacial score (nSPS) is 23.2. The summed E-state index contributed by atoms with van der Waals surface area (Å²) in [6.07, 6.45) is 25.4. The molecule has 1 fully saturated rings. The van der Waals surface area contributed by atoms with Gasteiger partial charge in [-0.3, -0.25) is 13.8 Å². The molecule has 61 heavy (non-hydrogen) atoms. The molecule has 8 atom stereocenters. The van der Waals surface area contributed by atoms with Gasteiger partial charge >= 0.3 is 7.82 Å². The number of allylic oxidation sites excluding steroid dienone is 2. The van der Waals surface area contributed by atoms with Crippen molar-refractivity contribution in [2.45, 2.75) is 274 Å². The molecule has 0 radical (unpaired) electrons. The number of rotatable bonds is 41. The molecule has 0 heterocycles. The van der Waals surface area contributed by atoms with Crippen molar-refractivity contribution < 1.29 is 59.0 Å². The van der Waals surface area contributed by atoms with E-state index >= 15 is 0 Å². The fourth-order valence-corrected chi connectivity index (χ4v) is 9.03. The van der Waals surface area contributed by atoms with Gasteiger partial charge in [0.05, 0.1) is 31.3 Å². The van der Waals surface area contributed by atoms with Crippen LogP contribution in [-0.2, 0) is 18.4 Å². The monoisotopic (exact) mass is 894 g/mol. The van der Waals surface area contributed by atoms with E-state index in [1.165, 1.54) is 109 Å². The van der Waals surface area contributed by atoms with Gasteiger partial charge in [-0.15, -0.1) is 0 Å². The minimum Gasteiger partial charge on any atom is -0.393 e. The first-order valence-corrected chi connectivity index (χ1v) is 26.2. The van der Waals surface area contributed by atoms with Crippen LogP contribution in [0.25, 0.3) is 0 Å². The number of aliphatic hydroxyl groups excluding tert-OH is 7. The molecule has 13 nitrogen and oxygen atoms in total. The zero-order valence-corrected chi connectivity index (χ0v) is 39.2. The number of unbranched alkanes of at least 4 members (excludes halogenated alkanes) is 26. The maximum atomic E-state index is 13.0. The number of carbonyl (C=O) groups excluding carboxylic acids is 1. The van der Waals surface area contributed by atoms with Gasteiger partial charge in [0.25, 0.3) is 0 Å². The number of hydrogen-bond donors (Lipinski definition) is 9. The summed E-state index contributed by atoms with van der Waals surface area (Å²) in [5.41, 5.74) is 0. The lowest BCUT2D eigenvalue weighted by Gasteiger charge is -2.41. The molecule has 14 heteroatoms. The van der Waals surface area contributed by atoms with Gasteiger partial charge < -0.3 is 46.0 Å². The van der Waals surface area contributed by atoms with Crippen LogP contribution >= 0.6 is 7.82 Å². The number of carbonyl (C=O) groups is 1. The standard InChI is InChI=1S/C47H92NO12P/c1-3-5-7-9-11-13-15-17-19-20-21-22-24-26-28-30-32-34-38(49)36-41(51)48-39(37-59-61(57,58)60-47-45(55)43(53)42(52)44(54)46(47)56)40(50)35-33-31-29-27-25-23-18-16-14-12-10-8-6-4-2/h20-21,38-40,42-47,49-50,52-56H,3-19,22-37H2,1-2H3,(H,48,51)(H,57,58)/b21-20-. The van der Waals surface area contributed by atoms with Crippen LogP contribution in [-0.4, -0.2) is 108 Å². The molecule has 1 saturated carbocycles. The number of nitrogens with one attached hydrogen (secondary N) is 1. The Balaban J connectivity index is 2.49. The maximum Gasteiger partial charge on any atom is 0.472 e. The zero-order valence-electron chi connectivity index (χ0n) is 38.3. The molecule has 0 bridgehead atoms. The van der Waals surface area contributed by atoms with E-state index in [0.717, 1.165) is 70.6 Å². The second-order valence-corrected chi connectivity index (χ2v) is 19.3. The summed E-state index contributed by atoms with van der Waals surface area (Å²) in [5, 5.41) is 74.7. The average Bonchev–Trinajstić information content (AvgIpc) is 3.23. The van der Waals surface area contributed by atoms with Crippen molar-refractivity contribution in [3.63, 3.8) is 0 Å². The molecule has 1 rings (SSSR count). The van der Waals surface area contributed by atoms with E-state index in [-0.39, 0.29) is 12.8 Å². The minimum atomic E-state index is -5.12. The second-order valence-electron chi connectivity index (χ2n) is 17.9. The smallest absolute Gasteiger partial charge is 0.393 e. The SMILES string of the molecule is CCCCCCCCCC/C=C\CCCCCCCC(O)CC(=O)NC(COP(=O)(O)OC1C(O)C(O)C(O)C(O)C1O)C(O)CCCCCCCCCCCCCCCC. The maximum absolute atomic E-state index is 13.0. The fourth-order valence-electron chi connectivity index (χ4n) is 8.06. The number of aliphatic hydroxyl groups is 7. The van der Waals surface area contributed by atoms with Gasteiger partial charge in [0.15, 0.2) is 0 Å². The van der Waals surface area contributed by atoms with Gasteiger partial charge in [-0.2, -0.15) is 0 Å². The van der Waals surface area contributed by atoms with E-state index in [9.17, 15) is 50.0 Å². The molecule has 0 aromatic rings. The highest BCUT2D eigenvalue weighted by Crippen LogP contribution is 2.47. The first-order chi connectivity index (χ1) is 29.3. The molecule has 0 aromatic carbocycles. The van der Waals surface area contributed by atoms with Crippen LogP contribution in [0.15, 0.2) is 12.2 Å². The van der Waals surface area contributed by atoms with Crippen molar-refractivity contribution in [1.82, 2.24) is 5.32 Å². The predicted molar refractivity (Wildman–Crippen MR) is 243 cm³/mol. The fraction of sp³-hybridized carbons (Fsp3) is 0.936. The highest BCUT2D eigenvalue weighted by atomic mass is 31.2. The quantitative estimate of drug-likeness (QED) is 0.0160. The molecule has 0 spiro atoms. The first-order valence-electron chi connectivity index (χ1n) is 24.7. The topological polar surface area (TPSA) is 226 Å². The Labute approximate surface area is 370 Å². The van der Waals surface area contributed by atoms with Crippen LogP contribution in [0.1, 0.15) is 219 Å². The first kappa shape index (κ1) is 58.1. The van der Waals surface area contributed by atoms with Crippen LogP contribution < -0.4 is 5.32 Å². The molecule has 0 saturated heterocycles. The summed E-state index contributed by atoms with van der Waals surface area (Å²) >= 11 is 0. The van der Waals surface area contributed by atoms with Gasteiger partial charge in [0, 0.05) is 0 Å². The Bertz CT molecular complexity index is 1100. The molecule has 1 aliphatic rings. The molecule has 1 aliphatic carbocycles. The van der Waals surface area contributed by atoms with Crippen LogP contribution in [0.3, 0.4) is 0 Å². The van der Waals surface area contributed by atoms with Gasteiger partial charge in [-0.1, -0.05) is 187 Å². The Morgan fingerprint density at radius 1 is 0.557 bits per heavy atom. The van der Waals surface area contributed by atoms with E-state index in [1.807, 2.05) is 0 Å². The third kappa shape index (κ3) is 29.2. The van der Waals surface area contributed by atoms with E-state index in [2.05, 4.69) is 31.3 Å². The molecular weight excluding hydrogens is 801 g/mol. The van der Waals surface area contributed by atoms with Gasteiger partial charge in [0.1, 0.15) is 36.6 Å². The van der Waals surface area contributed by atoms with E-state index in [0.29, 0.717) is 12.8 Å².